The molecule has 2 fully saturated rings. The van der Waals surface area contributed by atoms with Crippen molar-refractivity contribution in [2.45, 2.75) is 48.1 Å². The summed E-state index contributed by atoms with van der Waals surface area (Å²) in [5, 5.41) is 27.3. The standard InChI is InChI=1S/C24H22N6O5S3/c25-9-12-5-1-4-8-15(12)38-16-11-36-22-18(21(32)30(22)19(16)23(33)34)28-20(31)17(14-10-37-24(26)27-14)29-35-13-6-2-3-7-13/h1,4-5,8,10,13,18,22H,2-3,6-7,11H2,(H2,26,27)(H,28,31)(H,33,34)/t18-,22+/m1/s1. The van der Waals surface area contributed by atoms with Crippen LogP contribution in [0.1, 0.15) is 36.9 Å². The van der Waals surface area contributed by atoms with Crippen molar-refractivity contribution in [3.05, 3.63) is 51.5 Å². The van der Waals surface area contributed by atoms with Crippen LogP contribution >= 0.6 is 34.9 Å². The number of nitrogen functional groups attached to an aromatic ring is 1. The normalized spacial score (nSPS) is 21.5. The van der Waals surface area contributed by atoms with Crippen LogP contribution in [0.2, 0.25) is 0 Å². The number of aromatic nitrogens is 1. The molecule has 0 bridgehead atoms. The second-order valence-electron chi connectivity index (χ2n) is 8.67. The van der Waals surface area contributed by atoms with Gasteiger partial charge >= 0.3 is 5.97 Å². The van der Waals surface area contributed by atoms with Gasteiger partial charge in [-0.3, -0.25) is 14.5 Å². The molecule has 196 valence electrons. The highest BCUT2D eigenvalue weighted by molar-refractivity contribution is 8.06. The molecule has 2 aromatic rings. The van der Waals surface area contributed by atoms with Crippen molar-refractivity contribution < 1.29 is 24.3 Å². The number of aliphatic carboxylic acids is 1. The molecule has 1 saturated carbocycles. The van der Waals surface area contributed by atoms with Gasteiger partial charge in [-0.15, -0.1) is 23.1 Å². The predicted molar refractivity (Wildman–Crippen MR) is 143 cm³/mol. The third-order valence-corrected chi connectivity index (χ3v) is 9.53. The molecule has 3 heterocycles. The molecule has 0 radical (unpaired) electrons. The van der Waals surface area contributed by atoms with Crippen molar-refractivity contribution in [3.63, 3.8) is 0 Å². The first-order chi connectivity index (χ1) is 18.4. The molecule has 11 nitrogen and oxygen atoms in total. The smallest absolute Gasteiger partial charge is 0.353 e. The monoisotopic (exact) mass is 570 g/mol. The lowest BCUT2D eigenvalue weighted by atomic mass is 10.0. The predicted octanol–water partition coefficient (Wildman–Crippen LogP) is 2.75. The highest BCUT2D eigenvalue weighted by Crippen LogP contribution is 2.45. The number of fused-ring (bicyclic) bond motifs is 1. The van der Waals surface area contributed by atoms with E-state index in [2.05, 4.69) is 21.5 Å². The van der Waals surface area contributed by atoms with E-state index in [9.17, 15) is 24.8 Å². The van der Waals surface area contributed by atoms with Crippen LogP contribution in [0.3, 0.4) is 0 Å². The molecule has 2 aliphatic heterocycles. The zero-order valence-electron chi connectivity index (χ0n) is 19.8. The van der Waals surface area contributed by atoms with Gasteiger partial charge < -0.3 is 21.0 Å². The number of anilines is 1. The number of β-lactam (4-membered cyclic amide) rings is 1. The summed E-state index contributed by atoms with van der Waals surface area (Å²) in [6, 6.07) is 8.00. The number of carboxylic acid groups (broad SMARTS) is 1. The summed E-state index contributed by atoms with van der Waals surface area (Å²) in [6.45, 7) is 0. The molecule has 14 heteroatoms. The van der Waals surface area contributed by atoms with E-state index in [4.69, 9.17) is 10.6 Å². The third kappa shape index (κ3) is 5.09. The van der Waals surface area contributed by atoms with Gasteiger partial charge in [-0.25, -0.2) is 9.78 Å². The van der Waals surface area contributed by atoms with Crippen LogP contribution in [0.25, 0.3) is 0 Å². The van der Waals surface area contributed by atoms with Crippen LogP contribution in [0, 0.1) is 11.3 Å². The van der Waals surface area contributed by atoms with Crippen molar-refractivity contribution in [2.24, 2.45) is 5.16 Å². The minimum Gasteiger partial charge on any atom is -0.477 e. The van der Waals surface area contributed by atoms with Crippen LogP contribution in [0.5, 0.6) is 0 Å². The molecular formula is C24H22N6O5S3. The first kappa shape index (κ1) is 26.1. The summed E-state index contributed by atoms with van der Waals surface area (Å²) in [4.78, 5) is 50.5. The largest absolute Gasteiger partial charge is 0.477 e. The number of nitriles is 1. The fourth-order valence-corrected chi connectivity index (χ4v) is 7.48. The number of benzene rings is 1. The number of nitrogens with one attached hydrogen (secondary N) is 1. The average Bonchev–Trinajstić information content (AvgIpc) is 3.59. The van der Waals surface area contributed by atoms with Crippen molar-refractivity contribution in [3.8, 4) is 6.07 Å². The SMILES string of the molecule is N#Cc1ccccc1SC1=C(C(=O)O)N2C(=O)[C@@H](NC(=O)C(=NOC3CCCC3)c3csc(N)n3)[C@@H]2SC1. The minimum atomic E-state index is -1.25. The van der Waals surface area contributed by atoms with E-state index < -0.39 is 29.2 Å². The van der Waals surface area contributed by atoms with E-state index in [1.54, 1.807) is 29.6 Å². The summed E-state index contributed by atoms with van der Waals surface area (Å²) in [6.07, 6.45) is 3.65. The zero-order valence-corrected chi connectivity index (χ0v) is 22.3. The van der Waals surface area contributed by atoms with Crippen molar-refractivity contribution in [1.29, 1.82) is 5.26 Å². The van der Waals surface area contributed by atoms with Gasteiger partial charge in [-0.2, -0.15) is 5.26 Å². The van der Waals surface area contributed by atoms with Gasteiger partial charge in [0.1, 0.15) is 35.0 Å². The lowest BCUT2D eigenvalue weighted by Crippen LogP contribution is -2.71. The maximum Gasteiger partial charge on any atom is 0.353 e. The van der Waals surface area contributed by atoms with E-state index in [1.165, 1.54) is 16.7 Å². The third-order valence-electron chi connectivity index (χ3n) is 6.24. The van der Waals surface area contributed by atoms with Crippen LogP contribution in [0.4, 0.5) is 5.13 Å². The number of nitrogens with two attached hydrogens (primary N) is 1. The van der Waals surface area contributed by atoms with Gasteiger partial charge in [0.15, 0.2) is 10.8 Å². The maximum atomic E-state index is 13.2. The Morgan fingerprint density at radius 1 is 1.32 bits per heavy atom. The molecule has 3 aliphatic rings. The molecule has 0 spiro atoms. The Labute approximate surface area is 230 Å². The Morgan fingerprint density at radius 2 is 2.08 bits per heavy atom. The number of carbonyl (C=O) groups excluding carboxylic acids is 2. The Morgan fingerprint density at radius 3 is 2.76 bits per heavy atom. The summed E-state index contributed by atoms with van der Waals surface area (Å²) in [5.74, 6) is -2.17. The molecule has 2 atom stereocenters. The van der Waals surface area contributed by atoms with E-state index in [-0.39, 0.29) is 28.3 Å². The van der Waals surface area contributed by atoms with E-state index in [0.29, 0.717) is 21.1 Å². The van der Waals surface area contributed by atoms with Gasteiger partial charge in [-0.1, -0.05) is 29.1 Å². The number of amides is 2. The number of rotatable bonds is 8. The fourth-order valence-electron chi connectivity index (χ4n) is 4.38. The Kier molecular flexibility index (Phi) is 7.59. The van der Waals surface area contributed by atoms with Crippen LogP contribution in [-0.2, 0) is 19.2 Å². The number of hydrogen-bond donors (Lipinski definition) is 3. The van der Waals surface area contributed by atoms with Gasteiger partial charge in [-0.05, 0) is 37.8 Å². The number of thioether (sulfide) groups is 2. The number of hydrogen-bond acceptors (Lipinski definition) is 11. The summed E-state index contributed by atoms with van der Waals surface area (Å²) in [7, 11) is 0. The lowest BCUT2D eigenvalue weighted by molar-refractivity contribution is -0.150. The molecule has 38 heavy (non-hydrogen) atoms. The number of thiazole rings is 1. The van der Waals surface area contributed by atoms with Gasteiger partial charge in [0, 0.05) is 20.9 Å². The van der Waals surface area contributed by atoms with Crippen molar-refractivity contribution in [2.75, 3.05) is 11.5 Å². The molecule has 1 aliphatic carbocycles. The summed E-state index contributed by atoms with van der Waals surface area (Å²) < 4.78 is 0. The Hall–Kier alpha value is -3.54. The zero-order chi connectivity index (χ0) is 26.8. The maximum absolute atomic E-state index is 13.2. The fraction of sp³-hybridized carbons (Fsp3) is 0.333. The molecule has 1 aromatic heterocycles. The van der Waals surface area contributed by atoms with E-state index in [0.717, 1.165) is 48.8 Å². The van der Waals surface area contributed by atoms with Gasteiger partial charge in [0.25, 0.3) is 11.8 Å². The molecule has 4 N–H and O–H groups in total. The number of carboxylic acids is 1. The van der Waals surface area contributed by atoms with Crippen LogP contribution in [0.15, 0.2) is 50.3 Å². The van der Waals surface area contributed by atoms with E-state index >= 15 is 0 Å². The number of nitrogens with zero attached hydrogens (tertiary/aromatic N) is 4. The Balaban J connectivity index is 1.35. The molecule has 1 aromatic carbocycles. The second-order valence-corrected chi connectivity index (χ2v) is 11.8. The first-order valence-electron chi connectivity index (χ1n) is 11.7. The summed E-state index contributed by atoms with van der Waals surface area (Å²) >= 11 is 3.64. The van der Waals surface area contributed by atoms with Crippen molar-refractivity contribution in [1.82, 2.24) is 15.2 Å². The first-order valence-corrected chi connectivity index (χ1v) is 14.5. The van der Waals surface area contributed by atoms with Gasteiger partial charge in [0.2, 0.25) is 0 Å². The topological polar surface area (TPSA) is 171 Å². The molecule has 1 saturated heterocycles. The number of carbonyl (C=O) groups is 3. The molecule has 2 amide bonds. The van der Waals surface area contributed by atoms with Crippen molar-refractivity contribution >= 4 is 63.5 Å². The number of oxime groups is 1. The average molecular weight is 571 g/mol. The second kappa shape index (κ2) is 11.1. The highest BCUT2D eigenvalue weighted by atomic mass is 32.2. The van der Waals surface area contributed by atoms with E-state index in [1.807, 2.05) is 0 Å². The summed E-state index contributed by atoms with van der Waals surface area (Å²) in [5.41, 5.74) is 6.17. The highest BCUT2D eigenvalue weighted by Gasteiger charge is 2.54. The minimum absolute atomic E-state index is 0.0877. The quantitative estimate of drug-likeness (QED) is 0.243. The Bertz CT molecular complexity index is 1390. The molecule has 5 rings (SSSR count). The van der Waals surface area contributed by atoms with Crippen LogP contribution < -0.4 is 11.1 Å². The van der Waals surface area contributed by atoms with Gasteiger partial charge in [0.05, 0.1) is 5.56 Å². The van der Waals surface area contributed by atoms with Crippen LogP contribution in [-0.4, -0.2) is 61.8 Å². The molecule has 0 unspecified atom stereocenters. The lowest BCUT2D eigenvalue weighted by Gasteiger charge is -2.49. The molecular weight excluding hydrogens is 549 g/mol.